The molecule has 0 amide bonds. The van der Waals surface area contributed by atoms with Crippen molar-refractivity contribution >= 4 is 10.9 Å². The predicted octanol–water partition coefficient (Wildman–Crippen LogP) is 5.31. The fourth-order valence-electron chi connectivity index (χ4n) is 2.70. The van der Waals surface area contributed by atoms with Crippen LogP contribution in [0.4, 0.5) is 0 Å². The van der Waals surface area contributed by atoms with Crippen molar-refractivity contribution in [3.63, 3.8) is 0 Å². The van der Waals surface area contributed by atoms with E-state index >= 15 is 0 Å². The summed E-state index contributed by atoms with van der Waals surface area (Å²) in [5, 5.41) is 1.38. The second kappa shape index (κ2) is 6.63. The van der Waals surface area contributed by atoms with Crippen LogP contribution in [0.25, 0.3) is 10.9 Å². The maximum absolute atomic E-state index is 2.47. The fourth-order valence-corrected chi connectivity index (χ4v) is 2.70. The lowest BCUT2D eigenvalue weighted by atomic mass is 10.1. The largest absolute Gasteiger partial charge is 0.345 e. The lowest BCUT2D eigenvalue weighted by molar-refractivity contribution is 0.561. The van der Waals surface area contributed by atoms with Gasteiger partial charge in [0.15, 0.2) is 0 Å². The Morgan fingerprint density at radius 1 is 0.944 bits per heavy atom. The Labute approximate surface area is 111 Å². The van der Waals surface area contributed by atoms with E-state index in [0.717, 1.165) is 0 Å². The number of fused-ring (bicyclic) bond motifs is 1. The van der Waals surface area contributed by atoms with Gasteiger partial charge in [0.2, 0.25) is 0 Å². The molecule has 0 aliphatic carbocycles. The molecule has 0 N–H and O–H groups in total. The summed E-state index contributed by atoms with van der Waals surface area (Å²) in [6.07, 6.45) is 8.20. The number of rotatable bonds is 7. The van der Waals surface area contributed by atoms with Crippen molar-refractivity contribution in [1.82, 2.24) is 4.57 Å². The van der Waals surface area contributed by atoms with Gasteiger partial charge >= 0.3 is 0 Å². The van der Waals surface area contributed by atoms with E-state index in [1.54, 1.807) is 0 Å². The van der Waals surface area contributed by atoms with Gasteiger partial charge in [-0.2, -0.15) is 0 Å². The van der Waals surface area contributed by atoms with E-state index in [9.17, 15) is 0 Å². The minimum atomic E-state index is 1.17. The average Bonchev–Trinajstić information content (AvgIpc) is 2.70. The molecule has 1 heterocycles. The SMILES string of the molecule is CCCCCCCCn1c(C)cc2ccccc21. The molecule has 2 aromatic rings. The molecule has 0 atom stereocenters. The Morgan fingerprint density at radius 2 is 1.67 bits per heavy atom. The van der Waals surface area contributed by atoms with E-state index < -0.39 is 0 Å². The van der Waals surface area contributed by atoms with Crippen LogP contribution in [0.5, 0.6) is 0 Å². The number of hydrogen-bond acceptors (Lipinski definition) is 0. The molecule has 0 spiro atoms. The van der Waals surface area contributed by atoms with Crippen molar-refractivity contribution in [2.24, 2.45) is 0 Å². The Bertz CT molecular complexity index is 481. The summed E-state index contributed by atoms with van der Waals surface area (Å²) < 4.78 is 2.47. The highest BCUT2D eigenvalue weighted by molar-refractivity contribution is 5.81. The number of aryl methyl sites for hydroxylation is 2. The smallest absolute Gasteiger partial charge is 0.0482 e. The van der Waals surface area contributed by atoms with Crippen LogP contribution in [0.1, 0.15) is 51.1 Å². The number of hydrogen-bond donors (Lipinski definition) is 0. The molecule has 0 radical (unpaired) electrons. The molecule has 0 saturated carbocycles. The van der Waals surface area contributed by atoms with E-state index in [1.807, 2.05) is 0 Å². The van der Waals surface area contributed by atoms with Crippen LogP contribution in [0, 0.1) is 6.92 Å². The quantitative estimate of drug-likeness (QED) is 0.581. The van der Waals surface area contributed by atoms with Crippen molar-refractivity contribution in [1.29, 1.82) is 0 Å². The van der Waals surface area contributed by atoms with Gasteiger partial charge in [-0.1, -0.05) is 57.2 Å². The Balaban J connectivity index is 1.89. The summed E-state index contributed by atoms with van der Waals surface area (Å²) in [7, 11) is 0. The number of unbranched alkanes of at least 4 members (excludes halogenated alkanes) is 5. The summed E-state index contributed by atoms with van der Waals surface area (Å²) in [6.45, 7) is 5.66. The molecule has 0 bridgehead atoms. The standard InChI is InChI=1S/C17H25N/c1-3-4-5-6-7-10-13-18-15(2)14-16-11-8-9-12-17(16)18/h8-9,11-12,14H,3-7,10,13H2,1-2H3. The first kappa shape index (κ1) is 13.2. The maximum Gasteiger partial charge on any atom is 0.0482 e. The highest BCUT2D eigenvalue weighted by Crippen LogP contribution is 2.20. The third kappa shape index (κ3) is 3.16. The van der Waals surface area contributed by atoms with E-state index in [0.29, 0.717) is 0 Å². The van der Waals surface area contributed by atoms with Crippen molar-refractivity contribution in [2.45, 2.75) is 58.9 Å². The molecule has 18 heavy (non-hydrogen) atoms. The predicted molar refractivity (Wildman–Crippen MR) is 80.1 cm³/mol. The second-order valence-corrected chi connectivity index (χ2v) is 5.26. The highest BCUT2D eigenvalue weighted by atomic mass is 15.0. The molecule has 1 aromatic heterocycles. The number of benzene rings is 1. The van der Waals surface area contributed by atoms with Gasteiger partial charge in [-0.25, -0.2) is 0 Å². The highest BCUT2D eigenvalue weighted by Gasteiger charge is 2.03. The van der Waals surface area contributed by atoms with E-state index in [2.05, 4.69) is 48.7 Å². The van der Waals surface area contributed by atoms with Gasteiger partial charge in [-0.3, -0.25) is 0 Å². The number of nitrogens with zero attached hydrogens (tertiary/aromatic N) is 1. The molecule has 1 heteroatoms. The molecule has 0 saturated heterocycles. The molecule has 0 fully saturated rings. The van der Waals surface area contributed by atoms with Gasteiger partial charge in [0, 0.05) is 17.8 Å². The Hall–Kier alpha value is -1.24. The summed E-state index contributed by atoms with van der Waals surface area (Å²) >= 11 is 0. The Kier molecular flexibility index (Phi) is 4.86. The lowest BCUT2D eigenvalue weighted by Crippen LogP contribution is -1.99. The van der Waals surface area contributed by atoms with E-state index in [-0.39, 0.29) is 0 Å². The fraction of sp³-hybridized carbons (Fsp3) is 0.529. The topological polar surface area (TPSA) is 4.93 Å². The molecule has 2 rings (SSSR count). The first-order chi connectivity index (χ1) is 8.83. The normalized spacial score (nSPS) is 11.2. The van der Waals surface area contributed by atoms with E-state index in [1.165, 1.54) is 61.7 Å². The van der Waals surface area contributed by atoms with Crippen molar-refractivity contribution in [3.8, 4) is 0 Å². The van der Waals surface area contributed by atoms with Crippen LogP contribution in [0.2, 0.25) is 0 Å². The van der Waals surface area contributed by atoms with Gasteiger partial charge in [-0.15, -0.1) is 0 Å². The summed E-state index contributed by atoms with van der Waals surface area (Å²) in [5.74, 6) is 0. The Morgan fingerprint density at radius 3 is 2.50 bits per heavy atom. The number of aromatic nitrogens is 1. The third-order valence-electron chi connectivity index (χ3n) is 3.75. The van der Waals surface area contributed by atoms with Crippen molar-refractivity contribution in [2.75, 3.05) is 0 Å². The summed E-state index contributed by atoms with van der Waals surface area (Å²) in [6, 6.07) is 11.0. The zero-order valence-electron chi connectivity index (χ0n) is 11.8. The number of para-hydroxylation sites is 1. The molecule has 98 valence electrons. The van der Waals surface area contributed by atoms with Crippen molar-refractivity contribution in [3.05, 3.63) is 36.0 Å². The van der Waals surface area contributed by atoms with Crippen LogP contribution < -0.4 is 0 Å². The van der Waals surface area contributed by atoms with E-state index in [4.69, 9.17) is 0 Å². The molecule has 0 aliphatic rings. The van der Waals surface area contributed by atoms with Gasteiger partial charge in [0.25, 0.3) is 0 Å². The van der Waals surface area contributed by atoms with Crippen molar-refractivity contribution < 1.29 is 0 Å². The molecular formula is C17H25N. The first-order valence-corrected chi connectivity index (χ1v) is 7.38. The van der Waals surface area contributed by atoms with Gasteiger partial charge < -0.3 is 4.57 Å². The van der Waals surface area contributed by atoms with Crippen LogP contribution in [-0.4, -0.2) is 4.57 Å². The second-order valence-electron chi connectivity index (χ2n) is 5.26. The molecule has 1 aromatic carbocycles. The first-order valence-electron chi connectivity index (χ1n) is 7.38. The molecular weight excluding hydrogens is 218 g/mol. The monoisotopic (exact) mass is 243 g/mol. The summed E-state index contributed by atoms with van der Waals surface area (Å²) in [4.78, 5) is 0. The zero-order chi connectivity index (χ0) is 12.8. The van der Waals surface area contributed by atoms with Gasteiger partial charge in [0.05, 0.1) is 0 Å². The minimum absolute atomic E-state index is 1.17. The third-order valence-corrected chi connectivity index (χ3v) is 3.75. The summed E-state index contributed by atoms with van der Waals surface area (Å²) in [5.41, 5.74) is 2.79. The van der Waals surface area contributed by atoms with Crippen LogP contribution in [0.15, 0.2) is 30.3 Å². The van der Waals surface area contributed by atoms with Crippen LogP contribution >= 0.6 is 0 Å². The molecule has 0 unspecified atom stereocenters. The van der Waals surface area contributed by atoms with Crippen LogP contribution in [-0.2, 0) is 6.54 Å². The average molecular weight is 243 g/mol. The molecule has 1 nitrogen and oxygen atoms in total. The van der Waals surface area contributed by atoms with Gasteiger partial charge in [0.1, 0.15) is 0 Å². The lowest BCUT2D eigenvalue weighted by Gasteiger charge is -2.08. The zero-order valence-corrected chi connectivity index (χ0v) is 11.8. The van der Waals surface area contributed by atoms with Gasteiger partial charge in [-0.05, 0) is 30.9 Å². The maximum atomic E-state index is 2.47. The molecule has 0 aliphatic heterocycles. The van der Waals surface area contributed by atoms with Crippen LogP contribution in [0.3, 0.4) is 0 Å². The minimum Gasteiger partial charge on any atom is -0.345 e.